The number of benzene rings is 1. The average Bonchev–Trinajstić information content (AvgIpc) is 2.91. The smallest absolute Gasteiger partial charge is 0.250 e. The van der Waals surface area contributed by atoms with Crippen LogP contribution in [0, 0.1) is 5.92 Å². The number of carbonyl (C=O) groups is 1. The maximum atomic E-state index is 11.6. The second-order valence-corrected chi connectivity index (χ2v) is 5.19. The topological polar surface area (TPSA) is 50.4 Å². The minimum atomic E-state index is -0.133. The first-order valence-corrected chi connectivity index (χ1v) is 6.96. The summed E-state index contributed by atoms with van der Waals surface area (Å²) in [6.45, 7) is 2.91. The van der Waals surface area contributed by atoms with Gasteiger partial charge in [-0.25, -0.2) is 0 Å². The predicted octanol–water partition coefficient (Wildman–Crippen LogP) is 2.29. The molecule has 1 heterocycles. The first-order valence-electron chi connectivity index (χ1n) is 6.58. The fourth-order valence-corrected chi connectivity index (χ4v) is 2.23. The molecule has 1 aliphatic rings. The highest BCUT2D eigenvalue weighted by atomic mass is 35.5. The number of carbonyl (C=O) groups excluding carboxylic acids is 1. The fourth-order valence-electron chi connectivity index (χ4n) is 2.11. The normalized spacial score (nSPS) is 18.5. The number of nitrogens with one attached hydrogen (secondary N) is 2. The lowest BCUT2D eigenvalue weighted by Gasteiger charge is -2.09. The fraction of sp³-hybridized carbons (Fsp3) is 0.500. The Balaban J connectivity index is 1.60. The van der Waals surface area contributed by atoms with E-state index in [9.17, 15) is 4.79 Å². The summed E-state index contributed by atoms with van der Waals surface area (Å²) in [5.41, 5.74) is 0.734. The van der Waals surface area contributed by atoms with Gasteiger partial charge in [0.15, 0.2) is 0 Å². The number of hydrogen-bond acceptors (Lipinski definition) is 3. The Morgan fingerprint density at radius 2 is 2.21 bits per heavy atom. The maximum absolute atomic E-state index is 11.6. The Morgan fingerprint density at radius 3 is 2.89 bits per heavy atom. The van der Waals surface area contributed by atoms with Gasteiger partial charge in [-0.3, -0.25) is 4.79 Å². The van der Waals surface area contributed by atoms with E-state index in [4.69, 9.17) is 16.3 Å². The van der Waals surface area contributed by atoms with Gasteiger partial charge < -0.3 is 15.4 Å². The van der Waals surface area contributed by atoms with Crippen LogP contribution in [0.3, 0.4) is 0 Å². The van der Waals surface area contributed by atoms with Gasteiger partial charge in [0.1, 0.15) is 6.61 Å². The van der Waals surface area contributed by atoms with Crippen molar-refractivity contribution in [1.82, 2.24) is 5.32 Å². The predicted molar refractivity (Wildman–Crippen MR) is 76.5 cm³/mol. The second-order valence-electron chi connectivity index (χ2n) is 4.76. The van der Waals surface area contributed by atoms with Crippen molar-refractivity contribution < 1.29 is 9.53 Å². The molecule has 2 rings (SSSR count). The summed E-state index contributed by atoms with van der Waals surface area (Å²) in [6.07, 6.45) is 2.22. The first-order chi connectivity index (χ1) is 9.24. The molecule has 4 nitrogen and oxygen atoms in total. The molecule has 2 N–H and O–H groups in total. The van der Waals surface area contributed by atoms with E-state index < -0.39 is 0 Å². The summed E-state index contributed by atoms with van der Waals surface area (Å²) < 4.78 is 5.39. The molecular weight excluding hydrogens is 264 g/mol. The van der Waals surface area contributed by atoms with E-state index in [1.165, 1.54) is 6.42 Å². The standard InChI is InChI=1S/C14H19ClN2O2/c15-12-1-3-13(4-2-12)17-14(18)10-19-8-6-11-5-7-16-9-11/h1-4,11,16H,5-10H2,(H,17,18). The highest BCUT2D eigenvalue weighted by Crippen LogP contribution is 2.13. The van der Waals surface area contributed by atoms with E-state index in [2.05, 4.69) is 10.6 Å². The number of anilines is 1. The summed E-state index contributed by atoms with van der Waals surface area (Å²) in [5, 5.41) is 6.73. The summed E-state index contributed by atoms with van der Waals surface area (Å²) in [7, 11) is 0. The maximum Gasteiger partial charge on any atom is 0.250 e. The van der Waals surface area contributed by atoms with Crippen LogP contribution in [0.15, 0.2) is 24.3 Å². The Kier molecular flexibility index (Phi) is 5.63. The van der Waals surface area contributed by atoms with Crippen molar-refractivity contribution in [2.75, 3.05) is 31.6 Å². The molecule has 0 saturated carbocycles. The molecule has 0 spiro atoms. The highest BCUT2D eigenvalue weighted by Gasteiger charge is 2.13. The number of ether oxygens (including phenoxy) is 1. The molecule has 1 aromatic carbocycles. The zero-order valence-electron chi connectivity index (χ0n) is 10.8. The Hall–Kier alpha value is -1.10. The summed E-state index contributed by atoms with van der Waals surface area (Å²) in [5.74, 6) is 0.561. The molecular formula is C14H19ClN2O2. The van der Waals surface area contributed by atoms with E-state index in [0.29, 0.717) is 17.5 Å². The Bertz CT molecular complexity index is 402. The quantitative estimate of drug-likeness (QED) is 0.787. The lowest BCUT2D eigenvalue weighted by molar-refractivity contribution is -0.120. The van der Waals surface area contributed by atoms with Crippen LogP contribution in [-0.4, -0.2) is 32.2 Å². The molecule has 104 valence electrons. The molecule has 1 amide bonds. The number of rotatable bonds is 6. The van der Waals surface area contributed by atoms with Crippen molar-refractivity contribution in [1.29, 1.82) is 0 Å². The number of halogens is 1. The summed E-state index contributed by atoms with van der Waals surface area (Å²) in [4.78, 5) is 11.6. The first kappa shape index (κ1) is 14.3. The van der Waals surface area contributed by atoms with Crippen molar-refractivity contribution in [2.45, 2.75) is 12.8 Å². The van der Waals surface area contributed by atoms with Gasteiger partial charge in [0.25, 0.3) is 0 Å². The van der Waals surface area contributed by atoms with Crippen LogP contribution in [0.4, 0.5) is 5.69 Å². The minimum absolute atomic E-state index is 0.1000. The van der Waals surface area contributed by atoms with Gasteiger partial charge in [-0.15, -0.1) is 0 Å². The van der Waals surface area contributed by atoms with Gasteiger partial charge >= 0.3 is 0 Å². The van der Waals surface area contributed by atoms with Crippen LogP contribution in [0.1, 0.15) is 12.8 Å². The third-order valence-electron chi connectivity index (χ3n) is 3.19. The SMILES string of the molecule is O=C(COCCC1CCNC1)Nc1ccc(Cl)cc1. The lowest BCUT2D eigenvalue weighted by Crippen LogP contribution is -2.19. The molecule has 0 bridgehead atoms. The highest BCUT2D eigenvalue weighted by molar-refractivity contribution is 6.30. The van der Waals surface area contributed by atoms with Gasteiger partial charge in [0.05, 0.1) is 0 Å². The second kappa shape index (κ2) is 7.48. The van der Waals surface area contributed by atoms with Gasteiger partial charge in [0, 0.05) is 17.3 Å². The van der Waals surface area contributed by atoms with Crippen molar-refractivity contribution in [3.63, 3.8) is 0 Å². The molecule has 0 aromatic heterocycles. The minimum Gasteiger partial charge on any atom is -0.372 e. The largest absolute Gasteiger partial charge is 0.372 e. The van der Waals surface area contributed by atoms with Crippen molar-refractivity contribution in [2.24, 2.45) is 5.92 Å². The van der Waals surface area contributed by atoms with Gasteiger partial charge in [-0.1, -0.05) is 11.6 Å². The monoisotopic (exact) mass is 282 g/mol. The van der Waals surface area contributed by atoms with Crippen molar-refractivity contribution >= 4 is 23.2 Å². The van der Waals surface area contributed by atoms with Crippen LogP contribution < -0.4 is 10.6 Å². The zero-order valence-corrected chi connectivity index (χ0v) is 11.6. The molecule has 1 atom stereocenters. The summed E-state index contributed by atoms with van der Waals surface area (Å²) >= 11 is 5.77. The van der Waals surface area contributed by atoms with Crippen LogP contribution in [0.2, 0.25) is 5.02 Å². The van der Waals surface area contributed by atoms with Crippen LogP contribution >= 0.6 is 11.6 Å². The van der Waals surface area contributed by atoms with Gasteiger partial charge in [-0.05, 0) is 56.1 Å². The molecule has 0 aliphatic carbocycles. The van der Waals surface area contributed by atoms with E-state index in [-0.39, 0.29) is 12.5 Å². The number of amides is 1. The van der Waals surface area contributed by atoms with Crippen molar-refractivity contribution in [3.8, 4) is 0 Å². The third-order valence-corrected chi connectivity index (χ3v) is 3.45. The van der Waals surface area contributed by atoms with Crippen LogP contribution in [0.25, 0.3) is 0 Å². The zero-order chi connectivity index (χ0) is 13.5. The Morgan fingerprint density at radius 1 is 1.42 bits per heavy atom. The van der Waals surface area contributed by atoms with Crippen LogP contribution in [-0.2, 0) is 9.53 Å². The van der Waals surface area contributed by atoms with E-state index in [1.807, 2.05) is 0 Å². The Labute approximate surface area is 118 Å². The molecule has 1 unspecified atom stereocenters. The molecule has 1 aromatic rings. The van der Waals surface area contributed by atoms with E-state index in [1.54, 1.807) is 24.3 Å². The molecule has 19 heavy (non-hydrogen) atoms. The van der Waals surface area contributed by atoms with Crippen molar-refractivity contribution in [3.05, 3.63) is 29.3 Å². The lowest BCUT2D eigenvalue weighted by atomic mass is 10.1. The van der Waals surface area contributed by atoms with Crippen LogP contribution in [0.5, 0.6) is 0 Å². The molecule has 0 radical (unpaired) electrons. The molecule has 1 aliphatic heterocycles. The average molecular weight is 283 g/mol. The summed E-state index contributed by atoms with van der Waals surface area (Å²) in [6, 6.07) is 7.02. The number of hydrogen-bond donors (Lipinski definition) is 2. The third kappa shape index (κ3) is 5.19. The van der Waals surface area contributed by atoms with E-state index in [0.717, 1.165) is 25.2 Å². The molecule has 1 saturated heterocycles. The molecule has 5 heteroatoms. The van der Waals surface area contributed by atoms with E-state index >= 15 is 0 Å². The van der Waals surface area contributed by atoms with Gasteiger partial charge in [-0.2, -0.15) is 0 Å². The molecule has 1 fully saturated rings. The van der Waals surface area contributed by atoms with Gasteiger partial charge in [0.2, 0.25) is 5.91 Å².